The van der Waals surface area contributed by atoms with Crippen LogP contribution >= 0.6 is 0 Å². The molecule has 0 unspecified atom stereocenters. The molecule has 1 N–H and O–H groups in total. The van der Waals surface area contributed by atoms with Gasteiger partial charge in [-0.1, -0.05) is 67.9 Å². The van der Waals surface area contributed by atoms with E-state index in [0.29, 0.717) is 11.3 Å². The number of para-hydroxylation sites is 1. The molecule has 0 radical (unpaired) electrons. The van der Waals surface area contributed by atoms with Crippen LogP contribution in [-0.4, -0.2) is 26.8 Å². The largest absolute Gasteiger partial charge is 0.325 e. The predicted molar refractivity (Wildman–Crippen MR) is 133 cm³/mol. The molecule has 0 bridgehead atoms. The van der Waals surface area contributed by atoms with E-state index >= 15 is 0 Å². The number of sulfone groups is 1. The van der Waals surface area contributed by atoms with E-state index in [1.165, 1.54) is 16.5 Å². The van der Waals surface area contributed by atoms with Gasteiger partial charge in [0.1, 0.15) is 6.54 Å². The lowest BCUT2D eigenvalue weighted by atomic mass is 10.1. The Kier molecular flexibility index (Phi) is 7.12. The highest BCUT2D eigenvalue weighted by atomic mass is 32.2. The molecule has 0 spiro atoms. The van der Waals surface area contributed by atoms with Gasteiger partial charge in [-0.3, -0.25) is 9.59 Å². The molecule has 1 atom stereocenters. The van der Waals surface area contributed by atoms with Crippen molar-refractivity contribution in [1.29, 1.82) is 0 Å². The number of amides is 2. The van der Waals surface area contributed by atoms with Crippen molar-refractivity contribution in [2.45, 2.75) is 42.8 Å². The Balaban J connectivity index is 1.58. The Morgan fingerprint density at radius 3 is 2.35 bits per heavy atom. The lowest BCUT2D eigenvalue weighted by Gasteiger charge is -2.22. The summed E-state index contributed by atoms with van der Waals surface area (Å²) in [4.78, 5) is 27.5. The van der Waals surface area contributed by atoms with Crippen molar-refractivity contribution < 1.29 is 18.0 Å². The number of aryl methyl sites for hydroxylation is 1. The highest BCUT2D eigenvalue weighted by Crippen LogP contribution is 2.40. The zero-order valence-electron chi connectivity index (χ0n) is 19.1. The van der Waals surface area contributed by atoms with Crippen LogP contribution in [0.25, 0.3) is 0 Å². The molecule has 0 saturated heterocycles. The molecule has 3 aromatic rings. The Morgan fingerprint density at radius 1 is 0.971 bits per heavy atom. The minimum Gasteiger partial charge on any atom is -0.325 e. The lowest BCUT2D eigenvalue weighted by molar-refractivity contribution is -0.121. The van der Waals surface area contributed by atoms with E-state index in [0.717, 1.165) is 19.3 Å². The molecular formula is C27H28N2O4S. The Morgan fingerprint density at radius 2 is 1.65 bits per heavy atom. The average molecular weight is 477 g/mol. The van der Waals surface area contributed by atoms with Crippen molar-refractivity contribution >= 4 is 33.0 Å². The van der Waals surface area contributed by atoms with E-state index in [1.54, 1.807) is 48.5 Å². The molecule has 34 heavy (non-hydrogen) atoms. The molecule has 6 nitrogen and oxygen atoms in total. The number of hydrogen-bond acceptors (Lipinski definition) is 4. The molecular weight excluding hydrogens is 448 g/mol. The summed E-state index contributed by atoms with van der Waals surface area (Å²) in [5.74, 6) is -0.799. The number of benzene rings is 3. The average Bonchev–Trinajstić information content (AvgIpc) is 2.93. The lowest BCUT2D eigenvalue weighted by Crippen LogP contribution is -2.38. The van der Waals surface area contributed by atoms with Gasteiger partial charge in [0.2, 0.25) is 11.8 Å². The highest BCUT2D eigenvalue weighted by molar-refractivity contribution is 7.92. The third kappa shape index (κ3) is 5.04. The van der Waals surface area contributed by atoms with E-state index < -0.39 is 21.0 Å². The van der Waals surface area contributed by atoms with Crippen LogP contribution in [-0.2, 0) is 25.8 Å². The molecule has 0 aromatic heterocycles. The van der Waals surface area contributed by atoms with Crippen molar-refractivity contribution in [2.75, 3.05) is 16.8 Å². The number of nitrogens with one attached hydrogen (secondary N) is 1. The highest BCUT2D eigenvalue weighted by Gasteiger charge is 2.39. The van der Waals surface area contributed by atoms with Crippen LogP contribution in [0, 0.1) is 0 Å². The number of carbonyl (C=O) groups excluding carboxylic acids is 2. The molecule has 3 aromatic carbocycles. The fraction of sp³-hybridized carbons (Fsp3) is 0.259. The topological polar surface area (TPSA) is 83.6 Å². The molecule has 0 aliphatic carbocycles. The van der Waals surface area contributed by atoms with Crippen molar-refractivity contribution in [2.24, 2.45) is 0 Å². The monoisotopic (exact) mass is 476 g/mol. The molecule has 4 rings (SSSR count). The van der Waals surface area contributed by atoms with Crippen LogP contribution in [0.5, 0.6) is 0 Å². The van der Waals surface area contributed by atoms with Gasteiger partial charge in [0.25, 0.3) is 0 Å². The molecule has 2 amide bonds. The summed E-state index contributed by atoms with van der Waals surface area (Å²) < 4.78 is 27.0. The normalized spacial score (nSPS) is 17.0. The molecule has 1 aliphatic heterocycles. The van der Waals surface area contributed by atoms with Crippen molar-refractivity contribution in [3.05, 3.63) is 90.0 Å². The van der Waals surface area contributed by atoms with Gasteiger partial charge < -0.3 is 10.2 Å². The Labute approximate surface area is 200 Å². The van der Waals surface area contributed by atoms with E-state index in [2.05, 4.69) is 12.2 Å². The van der Waals surface area contributed by atoms with Gasteiger partial charge in [-0.05, 0) is 48.2 Å². The SMILES string of the molecule is CCCCc1ccc(NC(=O)CN2C(=O)C[C@H](c3ccccc3)S(=O)(=O)c3ccccc32)cc1. The summed E-state index contributed by atoms with van der Waals surface area (Å²) in [5, 5.41) is 1.82. The standard InChI is InChI=1S/C27H28N2O4S/c1-2-3-9-20-14-16-22(17-15-20)28-26(30)19-29-23-12-7-8-13-24(23)34(32,33)25(18-27(29)31)21-10-5-4-6-11-21/h4-8,10-17,25H,2-3,9,18-19H2,1H3,(H,28,30)/t25-/m1/s1. The van der Waals surface area contributed by atoms with Crippen molar-refractivity contribution in [3.8, 4) is 0 Å². The van der Waals surface area contributed by atoms with Crippen LogP contribution in [0.2, 0.25) is 0 Å². The maximum absolute atomic E-state index is 13.5. The zero-order valence-corrected chi connectivity index (χ0v) is 19.9. The Hall–Kier alpha value is -3.45. The fourth-order valence-electron chi connectivity index (χ4n) is 4.20. The fourth-order valence-corrected chi connectivity index (χ4v) is 6.13. The first-order chi connectivity index (χ1) is 16.4. The minimum atomic E-state index is -3.84. The van der Waals surface area contributed by atoms with Crippen molar-refractivity contribution in [1.82, 2.24) is 0 Å². The second kappa shape index (κ2) is 10.2. The van der Waals surface area contributed by atoms with Gasteiger partial charge in [0, 0.05) is 12.1 Å². The van der Waals surface area contributed by atoms with Crippen LogP contribution in [0.4, 0.5) is 11.4 Å². The van der Waals surface area contributed by atoms with Crippen LogP contribution in [0.1, 0.15) is 42.6 Å². The van der Waals surface area contributed by atoms with Crippen LogP contribution in [0.15, 0.2) is 83.8 Å². The van der Waals surface area contributed by atoms with Gasteiger partial charge >= 0.3 is 0 Å². The van der Waals surface area contributed by atoms with Gasteiger partial charge in [-0.15, -0.1) is 0 Å². The molecule has 1 aliphatic rings. The first-order valence-corrected chi connectivity index (χ1v) is 13.0. The number of nitrogens with zero attached hydrogens (tertiary/aromatic N) is 1. The summed E-state index contributed by atoms with van der Waals surface area (Å²) in [6.07, 6.45) is 2.97. The first-order valence-electron chi connectivity index (χ1n) is 11.5. The van der Waals surface area contributed by atoms with E-state index in [1.807, 2.05) is 24.3 Å². The number of hydrogen-bond donors (Lipinski definition) is 1. The third-order valence-corrected chi connectivity index (χ3v) is 8.17. The summed E-state index contributed by atoms with van der Waals surface area (Å²) in [7, 11) is -3.84. The minimum absolute atomic E-state index is 0.0581. The predicted octanol–water partition coefficient (Wildman–Crippen LogP) is 4.92. The summed E-state index contributed by atoms with van der Waals surface area (Å²) in [5.41, 5.74) is 2.63. The molecule has 0 saturated carbocycles. The number of fused-ring (bicyclic) bond motifs is 1. The number of anilines is 2. The first kappa shape index (κ1) is 23.7. The second-order valence-corrected chi connectivity index (χ2v) is 10.5. The zero-order chi connectivity index (χ0) is 24.1. The smallest absolute Gasteiger partial charge is 0.244 e. The second-order valence-electron chi connectivity index (χ2n) is 8.44. The number of unbranched alkanes of at least 4 members (excludes halogenated alkanes) is 1. The van der Waals surface area contributed by atoms with Crippen LogP contribution < -0.4 is 10.2 Å². The Bertz CT molecular complexity index is 1270. The maximum atomic E-state index is 13.5. The summed E-state index contributed by atoms with van der Waals surface area (Å²) in [6.45, 7) is 1.87. The van der Waals surface area contributed by atoms with Crippen LogP contribution in [0.3, 0.4) is 0 Å². The molecule has 0 fully saturated rings. The van der Waals surface area contributed by atoms with Gasteiger partial charge in [-0.2, -0.15) is 0 Å². The number of rotatable bonds is 7. The molecule has 1 heterocycles. The van der Waals surface area contributed by atoms with Crippen molar-refractivity contribution in [3.63, 3.8) is 0 Å². The quantitative estimate of drug-likeness (QED) is 0.525. The number of carbonyl (C=O) groups is 2. The maximum Gasteiger partial charge on any atom is 0.244 e. The van der Waals surface area contributed by atoms with E-state index in [4.69, 9.17) is 0 Å². The van der Waals surface area contributed by atoms with Gasteiger partial charge in [0.05, 0.1) is 15.8 Å². The molecule has 176 valence electrons. The summed E-state index contributed by atoms with van der Waals surface area (Å²) >= 11 is 0. The van der Waals surface area contributed by atoms with Gasteiger partial charge in [0.15, 0.2) is 9.84 Å². The van der Waals surface area contributed by atoms with E-state index in [-0.39, 0.29) is 29.5 Å². The summed E-state index contributed by atoms with van der Waals surface area (Å²) in [6, 6.07) is 22.8. The van der Waals surface area contributed by atoms with E-state index in [9.17, 15) is 18.0 Å². The molecule has 7 heteroatoms. The third-order valence-electron chi connectivity index (χ3n) is 6.03. The van der Waals surface area contributed by atoms with Gasteiger partial charge in [-0.25, -0.2) is 8.42 Å².